The first-order chi connectivity index (χ1) is 8.53. The molecule has 0 aromatic carbocycles. The Morgan fingerprint density at radius 2 is 2.22 bits per heavy atom. The summed E-state index contributed by atoms with van der Waals surface area (Å²) in [6, 6.07) is 0. The van der Waals surface area contributed by atoms with E-state index >= 15 is 0 Å². The van der Waals surface area contributed by atoms with Crippen LogP contribution in [0.5, 0.6) is 0 Å². The van der Waals surface area contributed by atoms with E-state index in [1.165, 1.54) is 7.11 Å². The van der Waals surface area contributed by atoms with E-state index < -0.39 is 27.2 Å². The molecule has 0 amide bonds. The lowest BCUT2D eigenvalue weighted by Crippen LogP contribution is -2.39. The van der Waals surface area contributed by atoms with Gasteiger partial charge in [-0.15, -0.1) is 12.3 Å². The number of ether oxygens (including phenoxy) is 1. The van der Waals surface area contributed by atoms with Crippen LogP contribution in [0.2, 0.25) is 0 Å². The third-order valence-electron chi connectivity index (χ3n) is 3.16. The van der Waals surface area contributed by atoms with E-state index in [0.717, 1.165) is 6.42 Å². The molecule has 0 heterocycles. The Morgan fingerprint density at radius 3 is 2.83 bits per heavy atom. The van der Waals surface area contributed by atoms with Crippen LogP contribution in [-0.2, 0) is 19.6 Å². The molecule has 0 spiro atoms. The third-order valence-corrected chi connectivity index (χ3v) is 5.12. The lowest BCUT2D eigenvalue weighted by atomic mass is 10.1. The number of hydrogen-bond donors (Lipinski definition) is 1. The lowest BCUT2D eigenvalue weighted by molar-refractivity contribution is -0.145. The molecule has 1 N–H and O–H groups in total. The molecule has 1 aliphatic rings. The van der Waals surface area contributed by atoms with Gasteiger partial charge in [-0.3, -0.25) is 4.79 Å². The number of carbonyl (C=O) groups excluding carboxylic acids is 1. The molecule has 18 heavy (non-hydrogen) atoms. The van der Waals surface area contributed by atoms with Crippen LogP contribution in [0.15, 0.2) is 0 Å². The van der Waals surface area contributed by atoms with Gasteiger partial charge < -0.3 is 4.74 Å². The number of terminal acetylenes is 1. The third kappa shape index (κ3) is 3.72. The number of unbranched alkanes of at least 4 members (excludes halogenated alkanes) is 1. The summed E-state index contributed by atoms with van der Waals surface area (Å²) in [6.07, 6.45) is 8.04. The topological polar surface area (TPSA) is 72.5 Å². The Labute approximate surface area is 108 Å². The number of esters is 1. The van der Waals surface area contributed by atoms with E-state index in [1.807, 2.05) is 0 Å². The number of nitrogens with one attached hydrogen (secondary N) is 1. The van der Waals surface area contributed by atoms with Crippen LogP contribution in [0.4, 0.5) is 0 Å². The number of rotatable bonds is 6. The van der Waals surface area contributed by atoms with Gasteiger partial charge in [-0.2, -0.15) is 0 Å². The van der Waals surface area contributed by atoms with Gasteiger partial charge in [0.1, 0.15) is 0 Å². The molecule has 1 rings (SSSR count). The van der Waals surface area contributed by atoms with Gasteiger partial charge in [0.15, 0.2) is 0 Å². The molecule has 6 heteroatoms. The van der Waals surface area contributed by atoms with Gasteiger partial charge in [0.2, 0.25) is 10.0 Å². The van der Waals surface area contributed by atoms with Crippen molar-refractivity contribution in [2.75, 3.05) is 13.7 Å². The largest absolute Gasteiger partial charge is 0.469 e. The van der Waals surface area contributed by atoms with Crippen molar-refractivity contribution in [2.24, 2.45) is 5.92 Å². The Balaban J connectivity index is 2.61. The van der Waals surface area contributed by atoms with Gasteiger partial charge in [0, 0.05) is 13.0 Å². The summed E-state index contributed by atoms with van der Waals surface area (Å²) in [7, 11) is -2.18. The van der Waals surface area contributed by atoms with E-state index in [-0.39, 0.29) is 0 Å². The quantitative estimate of drug-likeness (QED) is 0.438. The van der Waals surface area contributed by atoms with Gasteiger partial charge in [0.05, 0.1) is 18.3 Å². The van der Waals surface area contributed by atoms with Crippen molar-refractivity contribution in [2.45, 2.75) is 37.4 Å². The number of hydrogen-bond acceptors (Lipinski definition) is 4. The van der Waals surface area contributed by atoms with Crippen molar-refractivity contribution in [3.8, 4) is 12.3 Å². The zero-order chi connectivity index (χ0) is 13.6. The van der Waals surface area contributed by atoms with Crippen molar-refractivity contribution in [1.29, 1.82) is 0 Å². The molecule has 0 aromatic heterocycles. The zero-order valence-corrected chi connectivity index (χ0v) is 11.3. The van der Waals surface area contributed by atoms with Crippen LogP contribution in [-0.4, -0.2) is 33.3 Å². The molecule has 0 radical (unpaired) electrons. The number of sulfonamides is 1. The maximum absolute atomic E-state index is 12.1. The molecule has 1 aliphatic carbocycles. The molecule has 1 saturated carbocycles. The molecule has 2 unspecified atom stereocenters. The highest BCUT2D eigenvalue weighted by Gasteiger charge is 2.41. The molecule has 0 aliphatic heterocycles. The van der Waals surface area contributed by atoms with E-state index in [1.54, 1.807) is 0 Å². The SMILES string of the molecule is C#CCCCNS(=O)(=O)C1CCCC1C(=O)OC. The summed E-state index contributed by atoms with van der Waals surface area (Å²) < 4.78 is 31.3. The lowest BCUT2D eigenvalue weighted by Gasteiger charge is -2.18. The normalized spacial score (nSPS) is 23.6. The van der Waals surface area contributed by atoms with Crippen molar-refractivity contribution in [3.05, 3.63) is 0 Å². The molecule has 0 aromatic rings. The summed E-state index contributed by atoms with van der Waals surface area (Å²) in [5.74, 6) is 1.47. The van der Waals surface area contributed by atoms with E-state index in [2.05, 4.69) is 15.4 Å². The summed E-state index contributed by atoms with van der Waals surface area (Å²) >= 11 is 0. The highest BCUT2D eigenvalue weighted by molar-refractivity contribution is 7.90. The Bertz CT molecular complexity index is 424. The maximum atomic E-state index is 12.1. The van der Waals surface area contributed by atoms with Gasteiger partial charge in [-0.25, -0.2) is 13.1 Å². The van der Waals surface area contributed by atoms with Crippen molar-refractivity contribution >= 4 is 16.0 Å². The second-order valence-electron chi connectivity index (χ2n) is 4.35. The van der Waals surface area contributed by atoms with Crippen molar-refractivity contribution in [1.82, 2.24) is 4.72 Å². The summed E-state index contributed by atoms with van der Waals surface area (Å²) in [5.41, 5.74) is 0. The molecular formula is C12H19NO4S. The molecule has 0 saturated heterocycles. The first-order valence-corrected chi connectivity index (χ1v) is 7.57. The minimum absolute atomic E-state index is 0.316. The Hall–Kier alpha value is -1.06. The van der Waals surface area contributed by atoms with Crippen LogP contribution < -0.4 is 4.72 Å². The minimum Gasteiger partial charge on any atom is -0.469 e. The van der Waals surface area contributed by atoms with Crippen LogP contribution in [0, 0.1) is 18.3 Å². The Morgan fingerprint density at radius 1 is 1.50 bits per heavy atom. The number of methoxy groups -OCH3 is 1. The Kier molecular flexibility index (Phi) is 5.63. The molecule has 2 atom stereocenters. The monoisotopic (exact) mass is 273 g/mol. The van der Waals surface area contributed by atoms with Gasteiger partial charge in [-0.05, 0) is 19.3 Å². The van der Waals surface area contributed by atoms with Crippen LogP contribution in [0.25, 0.3) is 0 Å². The predicted molar refractivity (Wildman–Crippen MR) is 68.1 cm³/mol. The second-order valence-corrected chi connectivity index (χ2v) is 6.33. The van der Waals surface area contributed by atoms with Crippen molar-refractivity contribution < 1.29 is 17.9 Å². The van der Waals surface area contributed by atoms with Gasteiger partial charge >= 0.3 is 5.97 Å². The summed E-state index contributed by atoms with van der Waals surface area (Å²) in [4.78, 5) is 11.5. The number of carbonyl (C=O) groups is 1. The first kappa shape index (κ1) is 15.0. The van der Waals surface area contributed by atoms with E-state index in [4.69, 9.17) is 6.42 Å². The standard InChI is InChI=1S/C12H19NO4S/c1-3-4-5-9-13-18(15,16)11-8-6-7-10(11)12(14)17-2/h1,10-11,13H,4-9H2,2H3. The van der Waals surface area contributed by atoms with Crippen LogP contribution >= 0.6 is 0 Å². The summed E-state index contributed by atoms with van der Waals surface area (Å²) in [5, 5.41) is -0.671. The summed E-state index contributed by atoms with van der Waals surface area (Å²) in [6.45, 7) is 0.316. The molecule has 5 nitrogen and oxygen atoms in total. The van der Waals surface area contributed by atoms with E-state index in [0.29, 0.717) is 32.2 Å². The average Bonchev–Trinajstić information content (AvgIpc) is 2.83. The molecule has 1 fully saturated rings. The minimum atomic E-state index is -3.46. The van der Waals surface area contributed by atoms with Gasteiger partial charge in [-0.1, -0.05) is 6.42 Å². The highest BCUT2D eigenvalue weighted by atomic mass is 32.2. The van der Waals surface area contributed by atoms with Gasteiger partial charge in [0.25, 0.3) is 0 Å². The fraction of sp³-hybridized carbons (Fsp3) is 0.750. The smallest absolute Gasteiger partial charge is 0.310 e. The predicted octanol–water partition coefficient (Wildman–Crippen LogP) is 0.661. The zero-order valence-electron chi connectivity index (χ0n) is 10.5. The molecular weight excluding hydrogens is 254 g/mol. The molecule has 102 valence electrons. The fourth-order valence-corrected chi connectivity index (χ4v) is 4.03. The van der Waals surface area contributed by atoms with Crippen molar-refractivity contribution in [3.63, 3.8) is 0 Å². The fourth-order valence-electron chi connectivity index (χ4n) is 2.23. The molecule has 0 bridgehead atoms. The first-order valence-electron chi connectivity index (χ1n) is 6.02. The van der Waals surface area contributed by atoms with Crippen LogP contribution in [0.1, 0.15) is 32.1 Å². The highest BCUT2D eigenvalue weighted by Crippen LogP contribution is 2.31. The second kappa shape index (κ2) is 6.76. The van der Waals surface area contributed by atoms with Crippen LogP contribution in [0.3, 0.4) is 0 Å². The maximum Gasteiger partial charge on any atom is 0.310 e. The van der Waals surface area contributed by atoms with E-state index in [9.17, 15) is 13.2 Å². The average molecular weight is 273 g/mol.